The molecule has 202 valence electrons. The molecule has 39 heavy (non-hydrogen) atoms. The predicted molar refractivity (Wildman–Crippen MR) is 150 cm³/mol. The van der Waals surface area contributed by atoms with Crippen molar-refractivity contribution in [2.24, 2.45) is 0 Å². The van der Waals surface area contributed by atoms with Crippen molar-refractivity contribution >= 4 is 6.09 Å². The fourth-order valence-corrected chi connectivity index (χ4v) is 4.79. The molecule has 0 saturated carbocycles. The third-order valence-corrected chi connectivity index (χ3v) is 6.76. The Morgan fingerprint density at radius 2 is 1.72 bits per heavy atom. The first kappa shape index (κ1) is 26.6. The van der Waals surface area contributed by atoms with E-state index >= 15 is 4.39 Å². The van der Waals surface area contributed by atoms with Gasteiger partial charge < -0.3 is 15.0 Å². The van der Waals surface area contributed by atoms with Crippen molar-refractivity contribution in [1.82, 2.24) is 25.0 Å². The van der Waals surface area contributed by atoms with Crippen molar-refractivity contribution < 1.29 is 13.9 Å². The highest BCUT2D eigenvalue weighted by Gasteiger charge is 2.27. The Balaban J connectivity index is 1.33. The summed E-state index contributed by atoms with van der Waals surface area (Å²) in [7, 11) is 0. The van der Waals surface area contributed by atoms with Gasteiger partial charge in [0.15, 0.2) is 0 Å². The molecule has 5 rings (SSSR count). The molecule has 0 aliphatic carbocycles. The number of nitrogens with one attached hydrogen (secondary N) is 1. The van der Waals surface area contributed by atoms with Gasteiger partial charge in [-0.2, -0.15) is 5.10 Å². The van der Waals surface area contributed by atoms with Crippen molar-refractivity contribution in [3.05, 3.63) is 90.5 Å². The maximum atomic E-state index is 15.0. The SMILES string of the molecule is CC(C)(C)OC(=O)N1CCC(NCc2cnn(-c3ccc(-c4ccccc4)nc3)c2-c2ccccc2F)CC1. The topological polar surface area (TPSA) is 72.3 Å². The molecule has 0 bridgehead atoms. The minimum absolute atomic E-state index is 0.229. The lowest BCUT2D eigenvalue weighted by Gasteiger charge is -2.33. The number of hydrogen-bond donors (Lipinski definition) is 1. The lowest BCUT2D eigenvalue weighted by atomic mass is 10.0. The van der Waals surface area contributed by atoms with Gasteiger partial charge in [-0.05, 0) is 57.9 Å². The highest BCUT2D eigenvalue weighted by molar-refractivity contribution is 5.68. The molecule has 1 fully saturated rings. The van der Waals surface area contributed by atoms with Crippen LogP contribution >= 0.6 is 0 Å². The summed E-state index contributed by atoms with van der Waals surface area (Å²) in [5.41, 5.74) is 4.21. The van der Waals surface area contributed by atoms with Gasteiger partial charge in [0.25, 0.3) is 0 Å². The van der Waals surface area contributed by atoms with Crippen LogP contribution in [0.3, 0.4) is 0 Å². The Bertz CT molecular complexity index is 1410. The average molecular weight is 528 g/mol. The third kappa shape index (κ3) is 6.34. The minimum Gasteiger partial charge on any atom is -0.444 e. The molecule has 7 nitrogen and oxygen atoms in total. The molecule has 0 atom stereocenters. The number of rotatable bonds is 6. The van der Waals surface area contributed by atoms with Crippen molar-refractivity contribution in [2.45, 2.75) is 51.8 Å². The molecular formula is C31H34FN5O2. The summed E-state index contributed by atoms with van der Waals surface area (Å²) in [5, 5.41) is 8.24. The van der Waals surface area contributed by atoms with Crippen LogP contribution in [0.25, 0.3) is 28.2 Å². The number of amides is 1. The van der Waals surface area contributed by atoms with Gasteiger partial charge in [0, 0.05) is 42.4 Å². The van der Waals surface area contributed by atoms with E-state index in [4.69, 9.17) is 4.74 Å². The van der Waals surface area contributed by atoms with Gasteiger partial charge in [-0.25, -0.2) is 13.9 Å². The molecule has 0 radical (unpaired) electrons. The van der Waals surface area contributed by atoms with Crippen molar-refractivity contribution in [3.63, 3.8) is 0 Å². The predicted octanol–water partition coefficient (Wildman–Crippen LogP) is 6.23. The van der Waals surface area contributed by atoms with Crippen LogP contribution in [0.5, 0.6) is 0 Å². The van der Waals surface area contributed by atoms with Crippen LogP contribution < -0.4 is 5.32 Å². The minimum atomic E-state index is -0.507. The average Bonchev–Trinajstić information content (AvgIpc) is 3.36. The second-order valence-electron chi connectivity index (χ2n) is 10.8. The number of nitrogens with zero attached hydrogens (tertiary/aromatic N) is 4. The zero-order chi connectivity index (χ0) is 27.4. The van der Waals surface area contributed by atoms with Crippen LogP contribution in [0.15, 0.2) is 79.1 Å². The molecule has 1 N–H and O–H groups in total. The molecule has 1 aliphatic rings. The van der Waals surface area contributed by atoms with Gasteiger partial charge >= 0.3 is 6.09 Å². The summed E-state index contributed by atoms with van der Waals surface area (Å²) < 4.78 is 22.3. The van der Waals surface area contributed by atoms with E-state index in [1.807, 2.05) is 69.3 Å². The van der Waals surface area contributed by atoms with Crippen LogP contribution in [0.1, 0.15) is 39.2 Å². The number of benzene rings is 2. The number of pyridine rings is 1. The van der Waals surface area contributed by atoms with Crippen molar-refractivity contribution in [3.8, 4) is 28.2 Å². The van der Waals surface area contributed by atoms with Crippen LogP contribution in [0.4, 0.5) is 9.18 Å². The fraction of sp³-hybridized carbons (Fsp3) is 0.323. The summed E-state index contributed by atoms with van der Waals surface area (Å²) in [6.07, 6.45) is 4.91. The van der Waals surface area contributed by atoms with Gasteiger partial charge in [0.05, 0.1) is 29.5 Å². The summed E-state index contributed by atoms with van der Waals surface area (Å²) in [6.45, 7) is 7.41. The number of piperidine rings is 1. The maximum Gasteiger partial charge on any atom is 0.410 e. The van der Waals surface area contributed by atoms with Crippen LogP contribution in [-0.4, -0.2) is 50.5 Å². The highest BCUT2D eigenvalue weighted by atomic mass is 19.1. The fourth-order valence-electron chi connectivity index (χ4n) is 4.79. The maximum absolute atomic E-state index is 15.0. The van der Waals surface area contributed by atoms with E-state index < -0.39 is 5.60 Å². The smallest absolute Gasteiger partial charge is 0.410 e. The lowest BCUT2D eigenvalue weighted by molar-refractivity contribution is 0.0198. The van der Waals surface area contributed by atoms with Crippen LogP contribution in [-0.2, 0) is 11.3 Å². The molecule has 4 aromatic rings. The molecule has 0 unspecified atom stereocenters. The van der Waals surface area contributed by atoms with Gasteiger partial charge in [0.2, 0.25) is 0 Å². The first-order valence-electron chi connectivity index (χ1n) is 13.3. The van der Waals surface area contributed by atoms with E-state index in [0.29, 0.717) is 30.9 Å². The Labute approximate surface area is 228 Å². The monoisotopic (exact) mass is 527 g/mol. The van der Waals surface area contributed by atoms with E-state index in [9.17, 15) is 4.79 Å². The molecule has 0 spiro atoms. The number of aromatic nitrogens is 3. The van der Waals surface area contributed by atoms with Gasteiger partial charge in [0.1, 0.15) is 11.4 Å². The number of ether oxygens (including phenoxy) is 1. The lowest BCUT2D eigenvalue weighted by Crippen LogP contribution is -2.46. The molecule has 1 aliphatic heterocycles. The van der Waals surface area contributed by atoms with Gasteiger partial charge in [-0.15, -0.1) is 0 Å². The molecule has 2 aromatic heterocycles. The van der Waals surface area contributed by atoms with Crippen LogP contribution in [0.2, 0.25) is 0 Å². The Kier molecular flexibility index (Phi) is 7.74. The molecule has 1 saturated heterocycles. The number of halogens is 1. The number of hydrogen-bond acceptors (Lipinski definition) is 5. The summed E-state index contributed by atoms with van der Waals surface area (Å²) >= 11 is 0. The first-order valence-corrected chi connectivity index (χ1v) is 13.3. The zero-order valence-electron chi connectivity index (χ0n) is 22.6. The number of carbonyl (C=O) groups is 1. The van der Waals surface area contributed by atoms with E-state index in [1.54, 1.807) is 34.1 Å². The van der Waals surface area contributed by atoms with E-state index in [2.05, 4.69) is 15.4 Å². The highest BCUT2D eigenvalue weighted by Crippen LogP contribution is 2.30. The molecule has 2 aromatic carbocycles. The molecule has 1 amide bonds. The Hall–Kier alpha value is -4.04. The van der Waals surface area contributed by atoms with E-state index in [0.717, 1.165) is 35.3 Å². The quantitative estimate of drug-likeness (QED) is 0.322. The van der Waals surface area contributed by atoms with Crippen molar-refractivity contribution in [2.75, 3.05) is 13.1 Å². The summed E-state index contributed by atoms with van der Waals surface area (Å²) in [6, 6.07) is 20.9. The third-order valence-electron chi connectivity index (χ3n) is 6.76. The molecule has 3 heterocycles. The first-order chi connectivity index (χ1) is 18.8. The second-order valence-corrected chi connectivity index (χ2v) is 10.8. The second kappa shape index (κ2) is 11.4. The van der Waals surface area contributed by atoms with Gasteiger partial charge in [-0.3, -0.25) is 4.98 Å². The Morgan fingerprint density at radius 1 is 1.00 bits per heavy atom. The number of likely N-dealkylation sites (tertiary alicyclic amines) is 1. The standard InChI is InChI=1S/C31H34FN5O2/c1-31(2,3)39-30(38)36-17-15-24(16-18-36)33-19-23-20-35-37(29(23)26-11-7-8-12-27(26)32)25-13-14-28(34-21-25)22-9-5-4-6-10-22/h4-14,20-21,24,33H,15-19H2,1-3H3. The Morgan fingerprint density at radius 3 is 2.38 bits per heavy atom. The molecular weight excluding hydrogens is 493 g/mol. The van der Waals surface area contributed by atoms with Gasteiger partial charge in [-0.1, -0.05) is 42.5 Å². The summed E-state index contributed by atoms with van der Waals surface area (Å²) in [4.78, 5) is 18.8. The normalized spacial score (nSPS) is 14.4. The number of carbonyl (C=O) groups excluding carboxylic acids is 1. The zero-order valence-corrected chi connectivity index (χ0v) is 22.6. The molecule has 8 heteroatoms. The van der Waals surface area contributed by atoms with Crippen LogP contribution in [0, 0.1) is 5.82 Å². The van der Waals surface area contributed by atoms with Crippen molar-refractivity contribution in [1.29, 1.82) is 0 Å². The van der Waals surface area contributed by atoms with E-state index in [1.165, 1.54) is 6.07 Å². The van der Waals surface area contributed by atoms with E-state index in [-0.39, 0.29) is 18.0 Å². The summed E-state index contributed by atoms with van der Waals surface area (Å²) in [5.74, 6) is -0.306. The largest absolute Gasteiger partial charge is 0.444 e.